The molecule has 0 aliphatic rings. The topological polar surface area (TPSA) is 66.4 Å². The molecule has 0 radical (unpaired) electrons. The number of hydrogen-bond acceptors (Lipinski definition) is 3. The zero-order valence-corrected chi connectivity index (χ0v) is 9.06. The molecule has 0 bridgehead atoms. The van der Waals surface area contributed by atoms with Gasteiger partial charge >= 0.3 is 5.97 Å². The van der Waals surface area contributed by atoms with Gasteiger partial charge in [-0.05, 0) is 13.3 Å². The van der Waals surface area contributed by atoms with Crippen molar-refractivity contribution in [1.29, 1.82) is 0 Å². The van der Waals surface area contributed by atoms with Crippen LogP contribution in [0.4, 0.5) is 0 Å². The molecule has 3 unspecified atom stereocenters. The van der Waals surface area contributed by atoms with E-state index in [1.165, 1.54) is 0 Å². The lowest BCUT2D eigenvalue weighted by molar-refractivity contribution is -0.139. The lowest BCUT2D eigenvalue weighted by atomic mass is 10.2. The quantitative estimate of drug-likeness (QED) is 0.653. The summed E-state index contributed by atoms with van der Waals surface area (Å²) < 4.78 is 10.9. The molecule has 2 N–H and O–H groups in total. The van der Waals surface area contributed by atoms with E-state index in [1.54, 1.807) is 13.2 Å². The molecule has 0 amide bonds. The van der Waals surface area contributed by atoms with Crippen molar-refractivity contribution >= 4 is 16.8 Å². The number of carboxylic acids is 1. The van der Waals surface area contributed by atoms with Crippen molar-refractivity contribution in [2.24, 2.45) is 0 Å². The summed E-state index contributed by atoms with van der Waals surface area (Å²) in [6, 6.07) is -0.522. The lowest BCUT2D eigenvalue weighted by Crippen LogP contribution is -2.40. The second kappa shape index (κ2) is 6.10. The molecule has 0 aromatic heterocycles. The minimum Gasteiger partial charge on any atom is -0.480 e. The molecule has 0 spiro atoms. The minimum atomic E-state index is -0.897. The van der Waals surface area contributed by atoms with Crippen molar-refractivity contribution in [2.75, 3.05) is 12.8 Å². The molecule has 5 heteroatoms. The van der Waals surface area contributed by atoms with E-state index in [9.17, 15) is 9.00 Å². The van der Waals surface area contributed by atoms with E-state index in [0.717, 1.165) is 0 Å². The predicted molar refractivity (Wildman–Crippen MR) is 53.2 cm³/mol. The van der Waals surface area contributed by atoms with Crippen molar-refractivity contribution in [1.82, 2.24) is 5.32 Å². The molecule has 0 saturated heterocycles. The molecule has 0 aromatic rings. The maximum Gasteiger partial charge on any atom is 0.320 e. The minimum absolute atomic E-state index is 0.00611. The highest BCUT2D eigenvalue weighted by Crippen LogP contribution is 1.94. The van der Waals surface area contributed by atoms with Crippen LogP contribution in [0.2, 0.25) is 0 Å². The summed E-state index contributed by atoms with van der Waals surface area (Å²) in [6.07, 6.45) is 2.16. The van der Waals surface area contributed by atoms with Gasteiger partial charge in [0.25, 0.3) is 0 Å². The smallest absolute Gasteiger partial charge is 0.320 e. The maximum absolute atomic E-state index is 10.9. The van der Waals surface area contributed by atoms with Gasteiger partial charge in [0.2, 0.25) is 0 Å². The Bertz CT molecular complexity index is 196. The predicted octanol–water partition coefficient (Wildman–Crippen LogP) is 0.206. The van der Waals surface area contributed by atoms with Crippen LogP contribution in [0.25, 0.3) is 0 Å². The molecule has 0 aromatic carbocycles. The van der Waals surface area contributed by atoms with Gasteiger partial charge in [-0.3, -0.25) is 9.00 Å². The SMILES string of the molecule is CCC(NCC(C)S(C)=O)C(=O)O. The first-order valence-corrected chi connectivity index (χ1v) is 5.89. The van der Waals surface area contributed by atoms with Crippen molar-refractivity contribution in [3.63, 3.8) is 0 Å². The molecule has 13 heavy (non-hydrogen) atoms. The first-order valence-electron chi connectivity index (χ1n) is 4.27. The van der Waals surface area contributed by atoms with Crippen molar-refractivity contribution < 1.29 is 14.1 Å². The second-order valence-electron chi connectivity index (χ2n) is 3.02. The van der Waals surface area contributed by atoms with Crippen molar-refractivity contribution in [3.05, 3.63) is 0 Å². The highest BCUT2D eigenvalue weighted by molar-refractivity contribution is 7.84. The fourth-order valence-electron chi connectivity index (χ4n) is 0.832. The van der Waals surface area contributed by atoms with Crippen molar-refractivity contribution in [2.45, 2.75) is 31.6 Å². The largest absolute Gasteiger partial charge is 0.480 e. The standard InChI is InChI=1S/C8H17NO3S/c1-4-7(8(10)11)9-5-6(2)13(3)12/h6-7,9H,4-5H2,1-3H3,(H,10,11). The van der Waals surface area contributed by atoms with E-state index in [0.29, 0.717) is 13.0 Å². The van der Waals surface area contributed by atoms with Crippen LogP contribution in [-0.2, 0) is 15.6 Å². The molecular formula is C8H17NO3S. The van der Waals surface area contributed by atoms with Crippen LogP contribution >= 0.6 is 0 Å². The third-order valence-corrected chi connectivity index (χ3v) is 3.22. The van der Waals surface area contributed by atoms with E-state index < -0.39 is 22.8 Å². The van der Waals surface area contributed by atoms with Gasteiger partial charge in [0.05, 0.1) is 0 Å². The Morgan fingerprint density at radius 2 is 2.15 bits per heavy atom. The Balaban J connectivity index is 3.85. The van der Waals surface area contributed by atoms with Crippen LogP contribution < -0.4 is 5.32 Å². The van der Waals surface area contributed by atoms with Crippen LogP contribution in [0.15, 0.2) is 0 Å². The summed E-state index contributed by atoms with van der Waals surface area (Å²) in [7, 11) is -0.897. The molecule has 0 aliphatic heterocycles. The highest BCUT2D eigenvalue weighted by atomic mass is 32.2. The summed E-state index contributed by atoms with van der Waals surface area (Å²) in [5.74, 6) is -0.850. The Hall–Kier alpha value is -0.420. The zero-order chi connectivity index (χ0) is 10.4. The van der Waals surface area contributed by atoms with Crippen LogP contribution in [0.3, 0.4) is 0 Å². The average Bonchev–Trinajstić information content (AvgIpc) is 2.04. The fourth-order valence-corrected chi connectivity index (χ4v) is 1.16. The van der Waals surface area contributed by atoms with Gasteiger partial charge in [0.1, 0.15) is 6.04 Å². The molecule has 3 atom stereocenters. The van der Waals surface area contributed by atoms with E-state index >= 15 is 0 Å². The first kappa shape index (κ1) is 12.6. The summed E-state index contributed by atoms with van der Waals surface area (Å²) in [6.45, 7) is 4.12. The Labute approximate surface area is 81.2 Å². The Morgan fingerprint density at radius 1 is 1.62 bits per heavy atom. The van der Waals surface area contributed by atoms with Crippen molar-refractivity contribution in [3.8, 4) is 0 Å². The lowest BCUT2D eigenvalue weighted by Gasteiger charge is -2.14. The molecule has 0 saturated carbocycles. The van der Waals surface area contributed by atoms with Crippen LogP contribution in [0, 0.1) is 0 Å². The average molecular weight is 207 g/mol. The van der Waals surface area contributed by atoms with Crippen LogP contribution in [-0.4, -0.2) is 39.4 Å². The van der Waals surface area contributed by atoms with Gasteiger partial charge in [-0.25, -0.2) is 0 Å². The van der Waals surface area contributed by atoms with Gasteiger partial charge in [0, 0.05) is 28.9 Å². The third-order valence-electron chi connectivity index (χ3n) is 1.92. The number of hydrogen-bond donors (Lipinski definition) is 2. The number of carboxylic acid groups (broad SMARTS) is 1. The van der Waals surface area contributed by atoms with Crippen LogP contribution in [0.5, 0.6) is 0 Å². The van der Waals surface area contributed by atoms with Gasteiger partial charge in [-0.15, -0.1) is 0 Å². The van der Waals surface area contributed by atoms with Crippen LogP contribution in [0.1, 0.15) is 20.3 Å². The number of nitrogens with one attached hydrogen (secondary N) is 1. The van der Waals surface area contributed by atoms with Gasteiger partial charge in [-0.2, -0.15) is 0 Å². The maximum atomic E-state index is 10.9. The highest BCUT2D eigenvalue weighted by Gasteiger charge is 2.15. The first-order chi connectivity index (χ1) is 5.99. The molecule has 0 heterocycles. The number of carbonyl (C=O) groups is 1. The Kier molecular flexibility index (Phi) is 5.90. The summed E-state index contributed by atoms with van der Waals surface area (Å²) in [5, 5.41) is 11.5. The van der Waals surface area contributed by atoms with Gasteiger partial charge in [-0.1, -0.05) is 6.92 Å². The molecule has 0 aliphatic carbocycles. The van der Waals surface area contributed by atoms with E-state index in [4.69, 9.17) is 5.11 Å². The van der Waals surface area contributed by atoms with E-state index in [-0.39, 0.29) is 5.25 Å². The monoisotopic (exact) mass is 207 g/mol. The molecule has 4 nitrogen and oxygen atoms in total. The molecule has 0 rings (SSSR count). The normalized spacial score (nSPS) is 17.8. The van der Waals surface area contributed by atoms with Gasteiger partial charge < -0.3 is 10.4 Å². The summed E-state index contributed by atoms with van der Waals surface area (Å²) >= 11 is 0. The zero-order valence-electron chi connectivity index (χ0n) is 8.24. The van der Waals surface area contributed by atoms with Gasteiger partial charge in [0.15, 0.2) is 0 Å². The number of aliphatic carboxylic acids is 1. The number of rotatable bonds is 6. The molecule has 0 fully saturated rings. The third kappa shape index (κ3) is 5.00. The summed E-state index contributed by atoms with van der Waals surface area (Å²) in [5.41, 5.74) is 0. The second-order valence-corrected chi connectivity index (χ2v) is 4.82. The van der Waals surface area contributed by atoms with E-state index in [1.807, 2.05) is 6.92 Å². The molecule has 78 valence electrons. The molecular weight excluding hydrogens is 190 g/mol. The fraction of sp³-hybridized carbons (Fsp3) is 0.875. The summed E-state index contributed by atoms with van der Waals surface area (Å²) in [4.78, 5) is 10.6. The van der Waals surface area contributed by atoms with E-state index in [2.05, 4.69) is 5.32 Å². The Morgan fingerprint density at radius 3 is 2.46 bits per heavy atom.